The van der Waals surface area contributed by atoms with Gasteiger partial charge in [-0.15, -0.1) is 0 Å². The largest absolute Gasteiger partial charge is 0.362 e. The number of anilines is 1. The Bertz CT molecular complexity index is 936. The standard InChI is InChI=1S/C22H27N5O2/c23-8-1-2-21(28)26-11-7-19(15-26)27(14-16-3-4-16)20-12-18(13-25-22(20)29)17-5-9-24-10-6-17/h1-2,5-6,9-10,12-13,16,19H,3-4,7-8,11,14-15,23H2,(H,25,29)/b2-1+/t19-/m0/s1. The van der Waals surface area contributed by atoms with Gasteiger partial charge in [-0.25, -0.2) is 0 Å². The van der Waals surface area contributed by atoms with Gasteiger partial charge in [0.05, 0.1) is 0 Å². The van der Waals surface area contributed by atoms with E-state index in [2.05, 4.69) is 14.9 Å². The molecule has 1 aliphatic heterocycles. The van der Waals surface area contributed by atoms with Crippen LogP contribution in [0.5, 0.6) is 0 Å². The van der Waals surface area contributed by atoms with E-state index in [0.717, 1.165) is 24.1 Å². The fourth-order valence-electron chi connectivity index (χ4n) is 3.89. The van der Waals surface area contributed by atoms with Crippen molar-refractivity contribution in [2.45, 2.75) is 25.3 Å². The number of aromatic nitrogens is 2. The number of nitrogens with one attached hydrogen (secondary N) is 1. The first-order chi connectivity index (χ1) is 14.2. The fourth-order valence-corrected chi connectivity index (χ4v) is 3.89. The molecule has 7 nitrogen and oxygen atoms in total. The van der Waals surface area contributed by atoms with Crippen LogP contribution < -0.4 is 16.2 Å². The summed E-state index contributed by atoms with van der Waals surface area (Å²) >= 11 is 0. The van der Waals surface area contributed by atoms with E-state index in [1.54, 1.807) is 30.7 Å². The van der Waals surface area contributed by atoms with Crippen LogP contribution in [0.2, 0.25) is 0 Å². The average Bonchev–Trinajstić information content (AvgIpc) is 3.44. The molecule has 0 spiro atoms. The Hall–Kier alpha value is -2.93. The molecule has 1 amide bonds. The smallest absolute Gasteiger partial charge is 0.271 e. The monoisotopic (exact) mass is 393 g/mol. The van der Waals surface area contributed by atoms with E-state index >= 15 is 0 Å². The molecule has 1 saturated heterocycles. The molecule has 0 bridgehead atoms. The highest BCUT2D eigenvalue weighted by molar-refractivity contribution is 5.88. The van der Waals surface area contributed by atoms with Crippen molar-refractivity contribution in [1.82, 2.24) is 14.9 Å². The number of nitrogens with zero attached hydrogens (tertiary/aromatic N) is 3. The molecule has 2 aromatic rings. The number of hydrogen-bond donors (Lipinski definition) is 2. The van der Waals surface area contributed by atoms with Gasteiger partial charge in [-0.05, 0) is 48.9 Å². The summed E-state index contributed by atoms with van der Waals surface area (Å²) in [6.07, 6.45) is 11.7. The van der Waals surface area contributed by atoms with E-state index in [4.69, 9.17) is 5.73 Å². The Morgan fingerprint density at radius 3 is 2.79 bits per heavy atom. The molecule has 29 heavy (non-hydrogen) atoms. The molecule has 0 aromatic carbocycles. The van der Waals surface area contributed by atoms with Gasteiger partial charge in [0.15, 0.2) is 0 Å². The van der Waals surface area contributed by atoms with E-state index < -0.39 is 0 Å². The molecule has 2 fully saturated rings. The summed E-state index contributed by atoms with van der Waals surface area (Å²) < 4.78 is 0. The Morgan fingerprint density at radius 2 is 2.07 bits per heavy atom. The zero-order chi connectivity index (χ0) is 20.2. The van der Waals surface area contributed by atoms with Crippen molar-refractivity contribution in [1.29, 1.82) is 0 Å². The van der Waals surface area contributed by atoms with Crippen molar-refractivity contribution in [2.24, 2.45) is 11.7 Å². The summed E-state index contributed by atoms with van der Waals surface area (Å²) in [5, 5.41) is 0. The lowest BCUT2D eigenvalue weighted by molar-refractivity contribution is -0.125. The fraction of sp³-hybridized carbons (Fsp3) is 0.409. The molecule has 3 heterocycles. The first kappa shape index (κ1) is 19.4. The molecule has 4 rings (SSSR count). The second-order valence-corrected chi connectivity index (χ2v) is 7.80. The molecule has 2 aromatic heterocycles. The predicted molar refractivity (Wildman–Crippen MR) is 114 cm³/mol. The lowest BCUT2D eigenvalue weighted by Crippen LogP contribution is -2.42. The summed E-state index contributed by atoms with van der Waals surface area (Å²) in [5.41, 5.74) is 8.03. The van der Waals surface area contributed by atoms with Crippen LogP contribution >= 0.6 is 0 Å². The lowest BCUT2D eigenvalue weighted by Gasteiger charge is -2.31. The van der Waals surface area contributed by atoms with Crippen LogP contribution in [-0.4, -0.2) is 53.0 Å². The summed E-state index contributed by atoms with van der Waals surface area (Å²) in [5.74, 6) is 0.615. The lowest BCUT2D eigenvalue weighted by atomic mass is 10.1. The van der Waals surface area contributed by atoms with E-state index in [-0.39, 0.29) is 17.5 Å². The topological polar surface area (TPSA) is 95.3 Å². The van der Waals surface area contributed by atoms with Gasteiger partial charge in [-0.1, -0.05) is 6.08 Å². The third kappa shape index (κ3) is 4.56. The van der Waals surface area contributed by atoms with Crippen molar-refractivity contribution < 1.29 is 4.79 Å². The number of pyridine rings is 2. The zero-order valence-corrected chi connectivity index (χ0v) is 16.5. The van der Waals surface area contributed by atoms with Crippen molar-refractivity contribution in [3.63, 3.8) is 0 Å². The maximum Gasteiger partial charge on any atom is 0.271 e. The first-order valence-electron chi connectivity index (χ1n) is 10.2. The molecule has 1 saturated carbocycles. The van der Waals surface area contributed by atoms with E-state index in [1.165, 1.54) is 12.8 Å². The predicted octanol–water partition coefficient (Wildman–Crippen LogP) is 1.77. The Morgan fingerprint density at radius 1 is 1.28 bits per heavy atom. The quantitative estimate of drug-likeness (QED) is 0.699. The number of hydrogen-bond acceptors (Lipinski definition) is 5. The summed E-state index contributed by atoms with van der Waals surface area (Å²) in [7, 11) is 0. The number of amides is 1. The molecule has 1 aliphatic carbocycles. The van der Waals surface area contributed by atoms with Crippen LogP contribution in [0.4, 0.5) is 5.69 Å². The number of H-pyrrole nitrogens is 1. The van der Waals surface area contributed by atoms with Crippen LogP contribution in [0.3, 0.4) is 0 Å². The maximum atomic E-state index is 12.7. The normalized spacial score (nSPS) is 19.1. The highest BCUT2D eigenvalue weighted by Crippen LogP contribution is 2.33. The highest BCUT2D eigenvalue weighted by Gasteiger charge is 2.34. The molecule has 2 aliphatic rings. The minimum absolute atomic E-state index is 0.0104. The Labute approximate surface area is 170 Å². The van der Waals surface area contributed by atoms with Crippen LogP contribution in [0.25, 0.3) is 11.1 Å². The SMILES string of the molecule is NC/C=C/C(=O)N1CC[C@H](N(CC2CC2)c2cc(-c3ccncc3)c[nH]c2=O)C1. The third-order valence-corrected chi connectivity index (χ3v) is 5.67. The van der Waals surface area contributed by atoms with Crippen molar-refractivity contribution >= 4 is 11.6 Å². The molecule has 1 atom stereocenters. The summed E-state index contributed by atoms with van der Waals surface area (Å²) in [4.78, 5) is 36.1. The number of aromatic amines is 1. The van der Waals surface area contributed by atoms with Gasteiger partial charge in [-0.3, -0.25) is 14.6 Å². The first-order valence-corrected chi connectivity index (χ1v) is 10.2. The van der Waals surface area contributed by atoms with Gasteiger partial charge in [0.2, 0.25) is 5.91 Å². The molecule has 152 valence electrons. The van der Waals surface area contributed by atoms with Crippen LogP contribution in [0.15, 0.2) is 53.7 Å². The number of nitrogens with two attached hydrogens (primary N) is 1. The van der Waals surface area contributed by atoms with Gasteiger partial charge < -0.3 is 20.5 Å². The third-order valence-electron chi connectivity index (χ3n) is 5.67. The van der Waals surface area contributed by atoms with Crippen LogP contribution in [0.1, 0.15) is 19.3 Å². The second-order valence-electron chi connectivity index (χ2n) is 7.80. The molecular weight excluding hydrogens is 366 g/mol. The molecule has 3 N–H and O–H groups in total. The van der Waals surface area contributed by atoms with Crippen molar-refractivity contribution in [3.8, 4) is 11.1 Å². The number of rotatable bonds is 7. The van der Waals surface area contributed by atoms with Gasteiger partial charge in [0.25, 0.3) is 5.56 Å². The number of carbonyl (C=O) groups excluding carboxylic acids is 1. The molecule has 0 radical (unpaired) electrons. The van der Waals surface area contributed by atoms with E-state index in [0.29, 0.717) is 31.2 Å². The van der Waals surface area contributed by atoms with Gasteiger partial charge >= 0.3 is 0 Å². The van der Waals surface area contributed by atoms with Gasteiger partial charge in [0.1, 0.15) is 5.69 Å². The Kier molecular flexibility index (Phi) is 5.76. The van der Waals surface area contributed by atoms with Crippen LogP contribution in [0, 0.1) is 5.92 Å². The Balaban J connectivity index is 1.60. The summed E-state index contributed by atoms with van der Waals surface area (Å²) in [6, 6.07) is 5.97. The zero-order valence-electron chi connectivity index (χ0n) is 16.5. The van der Waals surface area contributed by atoms with E-state index in [9.17, 15) is 9.59 Å². The minimum atomic E-state index is -0.0868. The van der Waals surface area contributed by atoms with Crippen molar-refractivity contribution in [3.05, 3.63) is 59.3 Å². The summed E-state index contributed by atoms with van der Waals surface area (Å²) in [6.45, 7) is 2.53. The van der Waals surface area contributed by atoms with E-state index in [1.807, 2.05) is 23.1 Å². The molecule has 0 unspecified atom stereocenters. The second kappa shape index (κ2) is 8.61. The minimum Gasteiger partial charge on any atom is -0.362 e. The maximum absolute atomic E-state index is 12.7. The van der Waals surface area contributed by atoms with Crippen LogP contribution in [-0.2, 0) is 4.79 Å². The molecular formula is C22H27N5O2. The van der Waals surface area contributed by atoms with Gasteiger partial charge in [0, 0.05) is 62.5 Å². The molecule has 7 heteroatoms. The highest BCUT2D eigenvalue weighted by atomic mass is 16.2. The van der Waals surface area contributed by atoms with Crippen molar-refractivity contribution in [2.75, 3.05) is 31.1 Å². The number of likely N-dealkylation sites (tertiary alicyclic amines) is 1. The van der Waals surface area contributed by atoms with Gasteiger partial charge in [-0.2, -0.15) is 0 Å². The number of carbonyl (C=O) groups is 1. The average molecular weight is 393 g/mol.